The average Bonchev–Trinajstić information content (AvgIpc) is 3.29. The topological polar surface area (TPSA) is 112 Å². The van der Waals surface area contributed by atoms with Gasteiger partial charge in [0, 0.05) is 0 Å². The molecule has 0 aliphatic heterocycles. The number of carbonyl (C=O) groups excluding carboxylic acids is 1. The zero-order chi connectivity index (χ0) is 19.4. The summed E-state index contributed by atoms with van der Waals surface area (Å²) >= 11 is 0. The Morgan fingerprint density at radius 3 is 2.70 bits per heavy atom. The number of furan rings is 1. The normalized spacial score (nSPS) is 11.5. The predicted molar refractivity (Wildman–Crippen MR) is 94.3 cm³/mol. The number of aromatic nitrogens is 1. The van der Waals surface area contributed by atoms with Crippen LogP contribution in [0.3, 0.4) is 0 Å². The standard InChI is InChI=1S/C18H18N2O6S/c1-12-17(13(2)26-20-12)11-25-18(21)14-5-3-7-16(9-14)27(22,23)19-10-15-6-4-8-24-15/h3-9,19H,10-11H2,1-2H3. The Morgan fingerprint density at radius 2 is 2.04 bits per heavy atom. The number of rotatable bonds is 7. The van der Waals surface area contributed by atoms with Crippen LogP contribution < -0.4 is 4.72 Å². The Hall–Kier alpha value is -2.91. The van der Waals surface area contributed by atoms with Crippen molar-refractivity contribution in [3.8, 4) is 0 Å². The van der Waals surface area contributed by atoms with E-state index in [-0.39, 0.29) is 23.6 Å². The van der Waals surface area contributed by atoms with Crippen molar-refractivity contribution in [3.63, 3.8) is 0 Å². The predicted octanol–water partition coefficient (Wildman–Crippen LogP) is 2.72. The van der Waals surface area contributed by atoms with Gasteiger partial charge in [0.05, 0.1) is 34.5 Å². The minimum absolute atomic E-state index is 0.00623. The van der Waals surface area contributed by atoms with Gasteiger partial charge in [-0.2, -0.15) is 0 Å². The molecule has 142 valence electrons. The number of ether oxygens (including phenoxy) is 1. The lowest BCUT2D eigenvalue weighted by Crippen LogP contribution is -2.23. The van der Waals surface area contributed by atoms with Crippen LogP contribution in [-0.4, -0.2) is 19.5 Å². The molecule has 3 aromatic rings. The van der Waals surface area contributed by atoms with E-state index in [0.717, 1.165) is 0 Å². The van der Waals surface area contributed by atoms with Gasteiger partial charge < -0.3 is 13.7 Å². The average molecular weight is 390 g/mol. The highest BCUT2D eigenvalue weighted by Gasteiger charge is 2.18. The van der Waals surface area contributed by atoms with Gasteiger partial charge in [0.2, 0.25) is 10.0 Å². The lowest BCUT2D eigenvalue weighted by molar-refractivity contribution is 0.0470. The molecule has 0 atom stereocenters. The third-order valence-corrected chi connectivity index (χ3v) is 5.32. The molecule has 0 amide bonds. The van der Waals surface area contributed by atoms with Crippen molar-refractivity contribution in [3.05, 3.63) is 71.0 Å². The number of hydrogen-bond acceptors (Lipinski definition) is 7. The highest BCUT2D eigenvalue weighted by molar-refractivity contribution is 7.89. The zero-order valence-corrected chi connectivity index (χ0v) is 15.6. The lowest BCUT2D eigenvalue weighted by atomic mass is 10.2. The second kappa shape index (κ2) is 7.77. The molecule has 0 bridgehead atoms. The summed E-state index contributed by atoms with van der Waals surface area (Å²) in [5.41, 5.74) is 1.45. The second-order valence-corrected chi connectivity index (χ2v) is 7.58. The minimum atomic E-state index is -3.81. The first-order valence-electron chi connectivity index (χ1n) is 8.08. The van der Waals surface area contributed by atoms with Gasteiger partial charge in [-0.15, -0.1) is 0 Å². The van der Waals surface area contributed by atoms with E-state index in [9.17, 15) is 13.2 Å². The fourth-order valence-corrected chi connectivity index (χ4v) is 3.42. The molecule has 2 aromatic heterocycles. The van der Waals surface area contributed by atoms with Crippen LogP contribution in [0.5, 0.6) is 0 Å². The fraction of sp³-hybridized carbons (Fsp3) is 0.222. The van der Waals surface area contributed by atoms with E-state index >= 15 is 0 Å². The maximum Gasteiger partial charge on any atom is 0.338 e. The minimum Gasteiger partial charge on any atom is -0.468 e. The fourth-order valence-electron chi connectivity index (χ4n) is 2.38. The number of hydrogen-bond donors (Lipinski definition) is 1. The van der Waals surface area contributed by atoms with Crippen LogP contribution in [0.25, 0.3) is 0 Å². The van der Waals surface area contributed by atoms with Crippen molar-refractivity contribution in [2.45, 2.75) is 31.9 Å². The van der Waals surface area contributed by atoms with Crippen LogP contribution in [0, 0.1) is 13.8 Å². The molecule has 0 spiro atoms. The number of esters is 1. The van der Waals surface area contributed by atoms with Crippen LogP contribution in [0.1, 0.15) is 33.1 Å². The highest BCUT2D eigenvalue weighted by Crippen LogP contribution is 2.16. The molecule has 1 aromatic carbocycles. The van der Waals surface area contributed by atoms with Crippen molar-refractivity contribution in [2.75, 3.05) is 0 Å². The summed E-state index contributed by atoms with van der Waals surface area (Å²) in [6.45, 7) is 3.47. The Morgan fingerprint density at radius 1 is 1.22 bits per heavy atom. The van der Waals surface area contributed by atoms with Gasteiger partial charge in [-0.1, -0.05) is 11.2 Å². The molecule has 3 rings (SSSR count). The van der Waals surface area contributed by atoms with Crippen LogP contribution in [0.2, 0.25) is 0 Å². The molecule has 0 saturated heterocycles. The molecule has 27 heavy (non-hydrogen) atoms. The summed E-state index contributed by atoms with van der Waals surface area (Å²) < 4.78 is 42.6. The number of benzene rings is 1. The quantitative estimate of drug-likeness (QED) is 0.617. The molecule has 1 N–H and O–H groups in total. The van der Waals surface area contributed by atoms with Crippen molar-refractivity contribution in [1.29, 1.82) is 0 Å². The van der Waals surface area contributed by atoms with Gasteiger partial charge in [-0.3, -0.25) is 0 Å². The van der Waals surface area contributed by atoms with Crippen LogP contribution in [0.4, 0.5) is 0 Å². The lowest BCUT2D eigenvalue weighted by Gasteiger charge is -2.08. The van der Waals surface area contributed by atoms with Gasteiger partial charge in [0.15, 0.2) is 0 Å². The number of sulfonamides is 1. The summed E-state index contributed by atoms with van der Waals surface area (Å²) in [6, 6.07) is 8.95. The summed E-state index contributed by atoms with van der Waals surface area (Å²) in [7, 11) is -3.81. The highest BCUT2D eigenvalue weighted by atomic mass is 32.2. The van der Waals surface area contributed by atoms with E-state index in [4.69, 9.17) is 13.7 Å². The molecular weight excluding hydrogens is 372 g/mol. The summed E-state index contributed by atoms with van der Waals surface area (Å²) in [6.07, 6.45) is 1.46. The third-order valence-electron chi connectivity index (χ3n) is 3.93. The molecular formula is C18H18N2O6S. The summed E-state index contributed by atoms with van der Waals surface area (Å²) in [5, 5.41) is 3.79. The smallest absolute Gasteiger partial charge is 0.338 e. The Bertz CT molecular complexity index is 1020. The zero-order valence-electron chi connectivity index (χ0n) is 14.8. The number of aryl methyl sites for hydroxylation is 2. The van der Waals surface area contributed by atoms with E-state index in [0.29, 0.717) is 22.8 Å². The van der Waals surface area contributed by atoms with Crippen LogP contribution in [0.15, 0.2) is 56.5 Å². The maximum atomic E-state index is 12.4. The molecule has 9 heteroatoms. The van der Waals surface area contributed by atoms with Crippen molar-refractivity contribution >= 4 is 16.0 Å². The van der Waals surface area contributed by atoms with E-state index in [2.05, 4.69) is 9.88 Å². The van der Waals surface area contributed by atoms with Gasteiger partial charge in [0.25, 0.3) is 0 Å². The van der Waals surface area contributed by atoms with E-state index < -0.39 is 16.0 Å². The molecule has 0 fully saturated rings. The molecule has 0 aliphatic rings. The monoisotopic (exact) mass is 390 g/mol. The van der Waals surface area contributed by atoms with Gasteiger partial charge in [-0.05, 0) is 44.2 Å². The first-order valence-corrected chi connectivity index (χ1v) is 9.56. The Balaban J connectivity index is 1.69. The van der Waals surface area contributed by atoms with Crippen LogP contribution in [-0.2, 0) is 27.9 Å². The largest absolute Gasteiger partial charge is 0.468 e. The molecule has 0 saturated carbocycles. The molecule has 2 heterocycles. The Kier molecular flexibility index (Phi) is 5.43. The van der Waals surface area contributed by atoms with Gasteiger partial charge in [-0.25, -0.2) is 17.9 Å². The van der Waals surface area contributed by atoms with E-state index in [1.54, 1.807) is 26.0 Å². The van der Waals surface area contributed by atoms with Gasteiger partial charge >= 0.3 is 5.97 Å². The van der Waals surface area contributed by atoms with Gasteiger partial charge in [0.1, 0.15) is 18.1 Å². The molecule has 0 unspecified atom stereocenters. The van der Waals surface area contributed by atoms with E-state index in [1.165, 1.54) is 30.5 Å². The van der Waals surface area contributed by atoms with Crippen molar-refractivity contribution < 1.29 is 26.9 Å². The van der Waals surface area contributed by atoms with Crippen molar-refractivity contribution in [1.82, 2.24) is 9.88 Å². The van der Waals surface area contributed by atoms with Crippen molar-refractivity contribution in [2.24, 2.45) is 0 Å². The Labute approximate surface area is 156 Å². The maximum absolute atomic E-state index is 12.4. The van der Waals surface area contributed by atoms with Crippen LogP contribution >= 0.6 is 0 Å². The molecule has 8 nitrogen and oxygen atoms in total. The number of carbonyl (C=O) groups is 1. The van der Waals surface area contributed by atoms with E-state index in [1.807, 2.05) is 0 Å². The molecule has 0 aliphatic carbocycles. The SMILES string of the molecule is Cc1noc(C)c1COC(=O)c1cccc(S(=O)(=O)NCc2ccco2)c1. The number of nitrogens with one attached hydrogen (secondary N) is 1. The first-order chi connectivity index (χ1) is 12.9. The summed E-state index contributed by atoms with van der Waals surface area (Å²) in [4.78, 5) is 12.2. The number of nitrogens with zero attached hydrogens (tertiary/aromatic N) is 1. The third kappa shape index (κ3) is 4.44. The second-order valence-electron chi connectivity index (χ2n) is 5.81. The molecule has 0 radical (unpaired) electrons. The summed E-state index contributed by atoms with van der Waals surface area (Å²) in [5.74, 6) is 0.408. The first kappa shape index (κ1) is 18.9.